The normalized spacial score (nSPS) is 17.8. The van der Waals surface area contributed by atoms with Gasteiger partial charge in [0.05, 0.1) is 6.04 Å². The number of piperazine rings is 1. The Morgan fingerprint density at radius 1 is 1.28 bits per heavy atom. The molecule has 1 aliphatic heterocycles. The van der Waals surface area contributed by atoms with E-state index >= 15 is 0 Å². The fraction of sp³-hybridized carbons (Fsp3) is 0.235. The van der Waals surface area contributed by atoms with Crippen molar-refractivity contribution in [1.29, 1.82) is 0 Å². The Bertz CT molecular complexity index is 996. The molecular weight excluding hydrogens is 342 g/mol. The van der Waals surface area contributed by atoms with Gasteiger partial charge in [0, 0.05) is 36.4 Å². The third-order valence-electron chi connectivity index (χ3n) is 4.40. The van der Waals surface area contributed by atoms with E-state index in [1.807, 2.05) is 29.2 Å². The van der Waals surface area contributed by atoms with Gasteiger partial charge in [0.2, 0.25) is 0 Å². The Hall–Kier alpha value is -2.64. The van der Waals surface area contributed by atoms with Crippen molar-refractivity contribution in [3.05, 3.63) is 69.2 Å². The van der Waals surface area contributed by atoms with Crippen LogP contribution in [0.15, 0.2) is 47.4 Å². The van der Waals surface area contributed by atoms with Crippen molar-refractivity contribution in [3.63, 3.8) is 0 Å². The second-order valence-electron chi connectivity index (χ2n) is 5.95. The number of nitrogens with zero attached hydrogens (tertiary/aromatic N) is 3. The molecule has 0 aliphatic carbocycles. The number of amides is 1. The van der Waals surface area contributed by atoms with Crippen molar-refractivity contribution >= 4 is 23.2 Å². The van der Waals surface area contributed by atoms with Crippen LogP contribution in [0.5, 0.6) is 0 Å². The Balaban J connectivity index is 1.69. The van der Waals surface area contributed by atoms with Crippen LogP contribution < -0.4 is 11.0 Å². The van der Waals surface area contributed by atoms with Crippen molar-refractivity contribution in [3.8, 4) is 0 Å². The summed E-state index contributed by atoms with van der Waals surface area (Å²) in [6.45, 7) is 1.98. The van der Waals surface area contributed by atoms with Gasteiger partial charge in [-0.25, -0.2) is 9.89 Å². The lowest BCUT2D eigenvalue weighted by Crippen LogP contribution is -2.48. The summed E-state index contributed by atoms with van der Waals surface area (Å²) < 4.78 is 1.36. The van der Waals surface area contributed by atoms with Crippen LogP contribution in [0.4, 0.5) is 0 Å². The summed E-state index contributed by atoms with van der Waals surface area (Å²) in [6, 6.07) is 10.7. The second kappa shape index (κ2) is 6.34. The number of benzene rings is 1. The number of aromatic nitrogens is 3. The van der Waals surface area contributed by atoms with Crippen molar-refractivity contribution < 1.29 is 4.79 Å². The number of nitrogens with one attached hydrogen (secondary N) is 2. The molecule has 1 fully saturated rings. The first kappa shape index (κ1) is 15.9. The largest absolute Gasteiger partial charge is 0.347 e. The molecule has 0 radical (unpaired) electrons. The number of fused-ring (bicyclic) bond motifs is 1. The first-order valence-corrected chi connectivity index (χ1v) is 8.35. The predicted molar refractivity (Wildman–Crippen MR) is 93.9 cm³/mol. The molecule has 1 atom stereocenters. The van der Waals surface area contributed by atoms with Gasteiger partial charge in [-0.2, -0.15) is 5.10 Å². The van der Waals surface area contributed by atoms with Crippen molar-refractivity contribution in [2.24, 2.45) is 0 Å². The van der Waals surface area contributed by atoms with Gasteiger partial charge in [-0.15, -0.1) is 0 Å². The van der Waals surface area contributed by atoms with E-state index in [0.717, 1.165) is 12.1 Å². The summed E-state index contributed by atoms with van der Waals surface area (Å²) in [6.07, 6.45) is 1.56. The average molecular weight is 358 g/mol. The standard InChI is InChI=1S/C17H16ClN5O2/c18-13-3-1-2-11(8-13)14-10-19-5-7-22(14)16(24)12-4-6-23-15(9-12)20-21-17(23)25/h1-4,6,8-9,14,19H,5,7,10H2,(H,21,25). The highest BCUT2D eigenvalue weighted by Gasteiger charge is 2.29. The summed E-state index contributed by atoms with van der Waals surface area (Å²) in [5.74, 6) is -0.0931. The Morgan fingerprint density at radius 3 is 3.00 bits per heavy atom. The fourth-order valence-electron chi connectivity index (χ4n) is 3.16. The maximum absolute atomic E-state index is 13.1. The van der Waals surface area contributed by atoms with Crippen LogP contribution in [0, 0.1) is 0 Å². The number of hydrogen-bond donors (Lipinski definition) is 2. The molecule has 4 rings (SSSR count). The Kier molecular flexibility index (Phi) is 4.03. The number of rotatable bonds is 2. The zero-order valence-electron chi connectivity index (χ0n) is 13.3. The van der Waals surface area contributed by atoms with E-state index in [4.69, 9.17) is 11.6 Å². The molecule has 0 bridgehead atoms. The SMILES string of the molecule is O=C(c1ccn2c(=O)[nH]nc2c1)N1CCNCC1c1cccc(Cl)c1. The van der Waals surface area contributed by atoms with E-state index in [1.54, 1.807) is 18.3 Å². The van der Waals surface area contributed by atoms with Crippen molar-refractivity contribution in [2.75, 3.05) is 19.6 Å². The lowest BCUT2D eigenvalue weighted by molar-refractivity contribution is 0.0634. The number of carbonyl (C=O) groups excluding carboxylic acids is 1. The maximum Gasteiger partial charge on any atom is 0.347 e. The van der Waals surface area contributed by atoms with Gasteiger partial charge >= 0.3 is 5.69 Å². The smallest absolute Gasteiger partial charge is 0.329 e. The van der Waals surface area contributed by atoms with Crippen LogP contribution in [0.1, 0.15) is 22.0 Å². The van der Waals surface area contributed by atoms with E-state index in [1.165, 1.54) is 4.40 Å². The van der Waals surface area contributed by atoms with Crippen molar-refractivity contribution in [1.82, 2.24) is 24.8 Å². The van der Waals surface area contributed by atoms with Crippen LogP contribution in [-0.2, 0) is 0 Å². The molecule has 7 nitrogen and oxygen atoms in total. The number of H-pyrrole nitrogens is 1. The number of aromatic amines is 1. The summed E-state index contributed by atoms with van der Waals surface area (Å²) in [5.41, 5.74) is 1.59. The quantitative estimate of drug-likeness (QED) is 0.727. The molecule has 2 aromatic heterocycles. The van der Waals surface area contributed by atoms with Crippen LogP contribution >= 0.6 is 11.6 Å². The van der Waals surface area contributed by atoms with Gasteiger partial charge in [-0.3, -0.25) is 9.20 Å². The molecule has 3 heterocycles. The zero-order valence-corrected chi connectivity index (χ0v) is 14.0. The molecule has 2 N–H and O–H groups in total. The second-order valence-corrected chi connectivity index (χ2v) is 6.38. The lowest BCUT2D eigenvalue weighted by Gasteiger charge is -2.36. The molecule has 1 amide bonds. The van der Waals surface area contributed by atoms with Crippen LogP contribution in [0.3, 0.4) is 0 Å². The van der Waals surface area contributed by atoms with Gasteiger partial charge < -0.3 is 10.2 Å². The Labute approximate surface area is 148 Å². The highest BCUT2D eigenvalue weighted by Crippen LogP contribution is 2.26. The minimum Gasteiger partial charge on any atom is -0.329 e. The molecule has 1 unspecified atom stereocenters. The topological polar surface area (TPSA) is 82.5 Å². The fourth-order valence-corrected chi connectivity index (χ4v) is 3.36. The summed E-state index contributed by atoms with van der Waals surface area (Å²) >= 11 is 6.11. The summed E-state index contributed by atoms with van der Waals surface area (Å²) in [7, 11) is 0. The number of pyridine rings is 1. The van der Waals surface area contributed by atoms with Crippen LogP contribution in [0.2, 0.25) is 5.02 Å². The molecule has 3 aromatic rings. The van der Waals surface area contributed by atoms with E-state index < -0.39 is 0 Å². The first-order chi connectivity index (χ1) is 12.1. The molecule has 1 aliphatic rings. The monoisotopic (exact) mass is 357 g/mol. The summed E-state index contributed by atoms with van der Waals surface area (Å²) in [4.78, 5) is 26.5. The predicted octanol–water partition coefficient (Wildman–Crippen LogP) is 1.46. The molecule has 0 spiro atoms. The van der Waals surface area contributed by atoms with Crippen molar-refractivity contribution in [2.45, 2.75) is 6.04 Å². The zero-order chi connectivity index (χ0) is 17.4. The van der Waals surface area contributed by atoms with Crippen LogP contribution in [-0.4, -0.2) is 45.0 Å². The van der Waals surface area contributed by atoms with E-state index in [0.29, 0.717) is 29.3 Å². The third kappa shape index (κ3) is 2.92. The Morgan fingerprint density at radius 2 is 2.16 bits per heavy atom. The van der Waals surface area contributed by atoms with Crippen LogP contribution in [0.25, 0.3) is 5.65 Å². The molecule has 128 valence electrons. The first-order valence-electron chi connectivity index (χ1n) is 7.97. The van der Waals surface area contributed by atoms with Gasteiger partial charge in [-0.1, -0.05) is 23.7 Å². The molecule has 1 saturated heterocycles. The molecule has 8 heteroatoms. The lowest BCUT2D eigenvalue weighted by atomic mass is 10.0. The average Bonchev–Trinajstić information content (AvgIpc) is 3.01. The maximum atomic E-state index is 13.1. The van der Waals surface area contributed by atoms with Gasteiger partial charge in [0.25, 0.3) is 5.91 Å². The molecular formula is C17H16ClN5O2. The van der Waals surface area contributed by atoms with Gasteiger partial charge in [-0.05, 0) is 29.8 Å². The highest BCUT2D eigenvalue weighted by atomic mass is 35.5. The molecule has 25 heavy (non-hydrogen) atoms. The molecule has 0 saturated carbocycles. The highest BCUT2D eigenvalue weighted by molar-refractivity contribution is 6.30. The van der Waals surface area contributed by atoms with E-state index in [9.17, 15) is 9.59 Å². The van der Waals surface area contributed by atoms with E-state index in [2.05, 4.69) is 15.5 Å². The minimum atomic E-state index is -0.326. The van der Waals surface area contributed by atoms with Gasteiger partial charge in [0.1, 0.15) is 0 Å². The van der Waals surface area contributed by atoms with Gasteiger partial charge in [0.15, 0.2) is 5.65 Å². The van der Waals surface area contributed by atoms with E-state index in [-0.39, 0.29) is 17.6 Å². The minimum absolute atomic E-state index is 0.0931. The molecule has 1 aromatic carbocycles. The number of halogens is 1. The number of carbonyl (C=O) groups is 1. The summed E-state index contributed by atoms with van der Waals surface area (Å²) in [5, 5.41) is 10.3. The third-order valence-corrected chi connectivity index (χ3v) is 4.64. The number of hydrogen-bond acceptors (Lipinski definition) is 4.